The standard InChI is InChI=1S/C20H14F3N3O4S/c1-30-16(27)9-15-17(28)24-18(31-15)26-19(29,20(21,22)23)10-14(25-26)13-8-4-6-11-5-2-3-7-12(11)13/h2-9,29H,10H2,1H3/b15-9+/t19-/m1/s1. The highest BCUT2D eigenvalue weighted by Gasteiger charge is 2.63. The summed E-state index contributed by atoms with van der Waals surface area (Å²) in [7, 11) is 1.09. The molecule has 0 aromatic heterocycles. The molecule has 7 nitrogen and oxygen atoms in total. The number of halogens is 3. The molecule has 31 heavy (non-hydrogen) atoms. The van der Waals surface area contributed by atoms with E-state index in [-0.39, 0.29) is 10.6 Å². The molecular weight excluding hydrogens is 435 g/mol. The molecule has 0 aliphatic carbocycles. The van der Waals surface area contributed by atoms with E-state index in [1.165, 1.54) is 0 Å². The predicted molar refractivity (Wildman–Crippen MR) is 108 cm³/mol. The van der Waals surface area contributed by atoms with Crippen LogP contribution in [0.3, 0.4) is 0 Å². The second-order valence-corrected chi connectivity index (χ2v) is 7.72. The molecule has 0 fully saturated rings. The minimum Gasteiger partial charge on any atom is -0.466 e. The second-order valence-electron chi connectivity index (χ2n) is 6.71. The van der Waals surface area contributed by atoms with Gasteiger partial charge in [0.25, 0.3) is 11.6 Å². The maximum Gasteiger partial charge on any atom is 0.438 e. The first-order valence-electron chi connectivity index (χ1n) is 8.89. The van der Waals surface area contributed by atoms with Gasteiger partial charge < -0.3 is 9.84 Å². The van der Waals surface area contributed by atoms with Crippen molar-refractivity contribution in [2.45, 2.75) is 18.3 Å². The van der Waals surface area contributed by atoms with Crippen LogP contribution in [0.15, 0.2) is 63.5 Å². The number of esters is 1. The van der Waals surface area contributed by atoms with Gasteiger partial charge in [-0.05, 0) is 22.5 Å². The fourth-order valence-electron chi connectivity index (χ4n) is 3.25. The average Bonchev–Trinajstić information content (AvgIpc) is 3.27. The van der Waals surface area contributed by atoms with Gasteiger partial charge in [0.05, 0.1) is 24.1 Å². The largest absolute Gasteiger partial charge is 0.466 e. The van der Waals surface area contributed by atoms with E-state index < -0.39 is 35.4 Å². The van der Waals surface area contributed by atoms with Crippen LogP contribution in [-0.4, -0.2) is 51.9 Å². The highest BCUT2D eigenvalue weighted by molar-refractivity contribution is 8.18. The van der Waals surface area contributed by atoms with Gasteiger partial charge in [-0.15, -0.1) is 0 Å². The van der Waals surface area contributed by atoms with Gasteiger partial charge in [-0.3, -0.25) is 4.79 Å². The Hall–Kier alpha value is -3.18. The van der Waals surface area contributed by atoms with E-state index in [0.29, 0.717) is 27.7 Å². The first-order valence-corrected chi connectivity index (χ1v) is 9.71. The molecule has 4 rings (SSSR count). The highest BCUT2D eigenvalue weighted by atomic mass is 32.2. The molecular formula is C20H14F3N3O4S. The number of aliphatic imine (C=N–C) groups is 1. The Morgan fingerprint density at radius 1 is 1.26 bits per heavy atom. The number of amidine groups is 1. The van der Waals surface area contributed by atoms with Crippen molar-refractivity contribution in [2.24, 2.45) is 10.1 Å². The zero-order valence-corrected chi connectivity index (χ0v) is 16.7. The molecule has 2 heterocycles. The SMILES string of the molecule is COC(=O)/C=C1/SC(N2N=C(c3cccc4ccccc34)C[C@@]2(O)C(F)(F)F)=NC1=O. The van der Waals surface area contributed by atoms with Gasteiger partial charge in [-0.1, -0.05) is 42.5 Å². The lowest BCUT2D eigenvalue weighted by molar-refractivity contribution is -0.294. The maximum absolute atomic E-state index is 13.9. The van der Waals surface area contributed by atoms with Crippen molar-refractivity contribution in [3.8, 4) is 0 Å². The van der Waals surface area contributed by atoms with Crippen LogP contribution in [0.2, 0.25) is 0 Å². The fraction of sp³-hybridized carbons (Fsp3) is 0.200. The van der Waals surface area contributed by atoms with Crippen molar-refractivity contribution < 1.29 is 32.6 Å². The molecule has 0 saturated heterocycles. The Balaban J connectivity index is 1.79. The molecule has 2 aliphatic heterocycles. The normalized spacial score (nSPS) is 22.8. The summed E-state index contributed by atoms with van der Waals surface area (Å²) in [6.07, 6.45) is -5.15. The minimum atomic E-state index is -5.11. The number of thioether (sulfide) groups is 1. The predicted octanol–water partition coefficient (Wildman–Crippen LogP) is 3.19. The van der Waals surface area contributed by atoms with Crippen molar-refractivity contribution in [3.63, 3.8) is 0 Å². The number of alkyl halides is 3. The van der Waals surface area contributed by atoms with Crippen LogP contribution in [-0.2, 0) is 14.3 Å². The molecule has 160 valence electrons. The van der Waals surface area contributed by atoms with Crippen LogP contribution < -0.4 is 0 Å². The van der Waals surface area contributed by atoms with Gasteiger partial charge in [0.1, 0.15) is 0 Å². The molecule has 1 atom stereocenters. The quantitative estimate of drug-likeness (QED) is 0.559. The second kappa shape index (κ2) is 7.50. The van der Waals surface area contributed by atoms with Gasteiger partial charge in [0.2, 0.25) is 0 Å². The van der Waals surface area contributed by atoms with Crippen molar-refractivity contribution in [1.29, 1.82) is 0 Å². The monoisotopic (exact) mass is 449 g/mol. The van der Waals surface area contributed by atoms with Gasteiger partial charge >= 0.3 is 12.1 Å². The van der Waals surface area contributed by atoms with Crippen LogP contribution in [0, 0.1) is 0 Å². The smallest absolute Gasteiger partial charge is 0.438 e. The molecule has 2 aromatic carbocycles. The van der Waals surface area contributed by atoms with Crippen molar-refractivity contribution in [3.05, 3.63) is 59.0 Å². The van der Waals surface area contributed by atoms with Gasteiger partial charge in [0.15, 0.2) is 5.17 Å². The van der Waals surface area contributed by atoms with Crippen LogP contribution in [0.1, 0.15) is 12.0 Å². The summed E-state index contributed by atoms with van der Waals surface area (Å²) in [5, 5.41) is 15.9. The molecule has 2 aliphatic rings. The van der Waals surface area contributed by atoms with Crippen molar-refractivity contribution in [1.82, 2.24) is 5.01 Å². The third-order valence-electron chi connectivity index (χ3n) is 4.78. The number of nitrogens with zero attached hydrogens (tertiary/aromatic N) is 3. The maximum atomic E-state index is 13.9. The number of amides is 1. The molecule has 1 N–H and O–H groups in total. The van der Waals surface area contributed by atoms with E-state index in [4.69, 9.17) is 0 Å². The van der Waals surface area contributed by atoms with Gasteiger partial charge in [-0.2, -0.15) is 28.3 Å². The topological polar surface area (TPSA) is 91.6 Å². The number of aliphatic hydroxyl groups is 1. The number of hydrogen-bond donors (Lipinski definition) is 1. The van der Waals surface area contributed by atoms with Crippen molar-refractivity contribution >= 4 is 45.3 Å². The van der Waals surface area contributed by atoms with Crippen LogP contribution in [0.25, 0.3) is 10.8 Å². The summed E-state index contributed by atoms with van der Waals surface area (Å²) in [5.74, 6) is -1.79. The Labute approximate surface area is 177 Å². The summed E-state index contributed by atoms with van der Waals surface area (Å²) in [6.45, 7) is 0. The third-order valence-corrected chi connectivity index (χ3v) is 5.74. The lowest BCUT2D eigenvalue weighted by atomic mass is 9.96. The summed E-state index contributed by atoms with van der Waals surface area (Å²) in [5.41, 5.74) is -3.01. The summed E-state index contributed by atoms with van der Waals surface area (Å²) < 4.78 is 46.2. The first kappa shape index (κ1) is 21.1. The molecule has 0 spiro atoms. The van der Waals surface area contributed by atoms with Crippen LogP contribution in [0.5, 0.6) is 0 Å². The van der Waals surface area contributed by atoms with Gasteiger partial charge in [0, 0.05) is 11.6 Å². The highest BCUT2D eigenvalue weighted by Crippen LogP contribution is 2.45. The number of fused-ring (bicyclic) bond motifs is 1. The molecule has 0 radical (unpaired) electrons. The number of methoxy groups -OCH3 is 1. The number of ether oxygens (including phenoxy) is 1. The van der Waals surface area contributed by atoms with Crippen LogP contribution in [0.4, 0.5) is 13.2 Å². The fourth-order valence-corrected chi connectivity index (χ4v) is 4.14. The Morgan fingerprint density at radius 3 is 2.68 bits per heavy atom. The number of hydrogen-bond acceptors (Lipinski definition) is 7. The van der Waals surface area contributed by atoms with Gasteiger partial charge in [-0.25, -0.2) is 4.79 Å². The minimum absolute atomic E-state index is 0.0160. The Morgan fingerprint density at radius 2 is 1.97 bits per heavy atom. The molecule has 0 unspecified atom stereocenters. The molecule has 0 saturated carbocycles. The lowest BCUT2D eigenvalue weighted by Gasteiger charge is -2.33. The van der Waals surface area contributed by atoms with E-state index in [1.54, 1.807) is 30.3 Å². The summed E-state index contributed by atoms with van der Waals surface area (Å²) >= 11 is 0.499. The van der Waals surface area contributed by atoms with E-state index in [9.17, 15) is 27.9 Å². The van der Waals surface area contributed by atoms with E-state index in [1.807, 2.05) is 12.1 Å². The first-order chi connectivity index (χ1) is 14.6. The average molecular weight is 449 g/mol. The lowest BCUT2D eigenvalue weighted by Crippen LogP contribution is -2.56. The van der Waals surface area contributed by atoms with E-state index in [2.05, 4.69) is 14.8 Å². The number of carbonyl (C=O) groups is 2. The molecule has 11 heteroatoms. The number of benzene rings is 2. The summed E-state index contributed by atoms with van der Waals surface area (Å²) in [4.78, 5) is 26.8. The number of hydrazone groups is 1. The number of carbonyl (C=O) groups excluding carboxylic acids is 2. The molecule has 2 aromatic rings. The molecule has 0 bridgehead atoms. The number of rotatable bonds is 2. The Kier molecular flexibility index (Phi) is 5.10. The Bertz CT molecular complexity index is 1190. The van der Waals surface area contributed by atoms with E-state index in [0.717, 1.165) is 18.6 Å². The molecule has 1 amide bonds. The summed E-state index contributed by atoms with van der Waals surface area (Å²) in [6, 6.07) is 12.2. The van der Waals surface area contributed by atoms with Crippen LogP contribution >= 0.6 is 11.8 Å². The third kappa shape index (κ3) is 3.59. The van der Waals surface area contributed by atoms with E-state index >= 15 is 0 Å². The van der Waals surface area contributed by atoms with Crippen molar-refractivity contribution in [2.75, 3.05) is 7.11 Å². The zero-order chi connectivity index (χ0) is 22.4. The zero-order valence-electron chi connectivity index (χ0n) is 15.9.